The summed E-state index contributed by atoms with van der Waals surface area (Å²) in [4.78, 5) is 21.2. The molecule has 0 aliphatic rings. The van der Waals surface area contributed by atoms with Crippen molar-refractivity contribution in [1.29, 1.82) is 5.26 Å². The van der Waals surface area contributed by atoms with Crippen molar-refractivity contribution in [2.45, 2.75) is 16.3 Å². The number of methoxy groups -OCH3 is 1. The molecule has 3 aromatic rings. The molecule has 0 fully saturated rings. The monoisotopic (exact) mass is 391 g/mol. The van der Waals surface area contributed by atoms with Gasteiger partial charge >= 0.3 is 0 Å². The van der Waals surface area contributed by atoms with E-state index in [1.807, 2.05) is 48.5 Å². The highest BCUT2D eigenvalue weighted by atomic mass is 32.2. The summed E-state index contributed by atoms with van der Waals surface area (Å²) in [7, 11) is 1.62. The van der Waals surface area contributed by atoms with Crippen LogP contribution in [0.5, 0.6) is 5.75 Å². The maximum absolute atomic E-state index is 11.4. The van der Waals surface area contributed by atoms with Gasteiger partial charge in [-0.15, -0.1) is 0 Å². The van der Waals surface area contributed by atoms with Gasteiger partial charge in [-0.1, -0.05) is 17.8 Å². The number of carbonyl (C=O) groups excluding carboxylic acids is 1. The zero-order valence-electron chi connectivity index (χ0n) is 15.0. The molecule has 1 aromatic heterocycles. The molecule has 0 radical (unpaired) electrons. The summed E-state index contributed by atoms with van der Waals surface area (Å²) in [6.45, 7) is 0. The molecule has 28 heavy (non-hydrogen) atoms. The Hall–Kier alpha value is -3.57. The zero-order chi connectivity index (χ0) is 19.8. The minimum Gasteiger partial charge on any atom is -0.497 e. The number of hydrogen-bond acceptors (Lipinski definition) is 7. The number of amides is 1. The number of nitrogens with one attached hydrogen (secondary N) is 2. The predicted molar refractivity (Wildman–Crippen MR) is 108 cm³/mol. The minimum atomic E-state index is -0.327. The molecule has 1 amide bonds. The molecule has 0 spiro atoms. The molecule has 0 bridgehead atoms. The van der Waals surface area contributed by atoms with Crippen LogP contribution in [0.3, 0.4) is 0 Å². The van der Waals surface area contributed by atoms with E-state index in [4.69, 9.17) is 10.00 Å². The summed E-state index contributed by atoms with van der Waals surface area (Å²) in [6.07, 6.45) is 1.52. The first-order valence-electron chi connectivity index (χ1n) is 8.35. The van der Waals surface area contributed by atoms with Crippen molar-refractivity contribution in [2.75, 3.05) is 17.7 Å². The number of aromatic nitrogens is 2. The van der Waals surface area contributed by atoms with Crippen LogP contribution in [0.2, 0.25) is 0 Å². The van der Waals surface area contributed by atoms with Crippen LogP contribution in [-0.2, 0) is 4.79 Å². The smallest absolute Gasteiger partial charge is 0.238 e. The number of benzene rings is 2. The van der Waals surface area contributed by atoms with E-state index in [1.165, 1.54) is 11.8 Å². The number of ether oxygens (including phenoxy) is 1. The standard InChI is InChI=1S/C20H17N5O2S/c1-27-16-4-2-3-15(13-16)24-20-22-12-10-19(25-20)28-17-7-5-14(6-8-17)23-18(26)9-11-21/h2-8,10,12-13H,9H2,1H3,(H,23,26)(H,22,24,25). The Balaban J connectivity index is 1.65. The van der Waals surface area contributed by atoms with Gasteiger partial charge in [0.1, 0.15) is 17.2 Å². The van der Waals surface area contributed by atoms with Crippen molar-refractivity contribution in [3.63, 3.8) is 0 Å². The lowest BCUT2D eigenvalue weighted by Gasteiger charge is -2.08. The van der Waals surface area contributed by atoms with E-state index in [0.29, 0.717) is 11.6 Å². The first-order chi connectivity index (χ1) is 13.7. The van der Waals surface area contributed by atoms with Crippen LogP contribution in [0.4, 0.5) is 17.3 Å². The third-order valence-electron chi connectivity index (χ3n) is 3.56. The van der Waals surface area contributed by atoms with E-state index in [1.54, 1.807) is 25.4 Å². The third-order valence-corrected chi connectivity index (χ3v) is 4.50. The van der Waals surface area contributed by atoms with Crippen LogP contribution in [0.1, 0.15) is 6.42 Å². The Labute approximate surface area is 166 Å². The van der Waals surface area contributed by atoms with Crippen LogP contribution in [0.25, 0.3) is 0 Å². The average molecular weight is 391 g/mol. The Morgan fingerprint density at radius 3 is 2.75 bits per heavy atom. The Bertz CT molecular complexity index is 1000. The van der Waals surface area contributed by atoms with E-state index in [2.05, 4.69) is 20.6 Å². The van der Waals surface area contributed by atoms with Crippen molar-refractivity contribution in [3.8, 4) is 11.8 Å². The molecular weight excluding hydrogens is 374 g/mol. The van der Waals surface area contributed by atoms with Gasteiger partial charge in [0.25, 0.3) is 0 Å². The molecule has 3 rings (SSSR count). The number of rotatable bonds is 7. The maximum Gasteiger partial charge on any atom is 0.238 e. The molecular formula is C20H17N5O2S. The fourth-order valence-corrected chi connectivity index (χ4v) is 3.07. The number of nitriles is 1. The van der Waals surface area contributed by atoms with E-state index in [0.717, 1.165) is 21.4 Å². The van der Waals surface area contributed by atoms with Crippen LogP contribution in [-0.4, -0.2) is 23.0 Å². The number of hydrogen-bond donors (Lipinski definition) is 2. The SMILES string of the molecule is COc1cccc(Nc2nccc(Sc3ccc(NC(=O)CC#N)cc3)n2)c1. The Morgan fingerprint density at radius 2 is 2.00 bits per heavy atom. The lowest BCUT2D eigenvalue weighted by Crippen LogP contribution is -2.09. The largest absolute Gasteiger partial charge is 0.497 e. The van der Waals surface area contributed by atoms with Gasteiger partial charge in [0.05, 0.1) is 13.2 Å². The first-order valence-corrected chi connectivity index (χ1v) is 9.17. The average Bonchev–Trinajstić information content (AvgIpc) is 2.70. The molecule has 2 aromatic carbocycles. The molecule has 140 valence electrons. The van der Waals surface area contributed by atoms with E-state index >= 15 is 0 Å². The quantitative estimate of drug-likeness (QED) is 0.581. The fourth-order valence-electron chi connectivity index (χ4n) is 2.29. The third kappa shape index (κ3) is 5.46. The van der Waals surface area contributed by atoms with Gasteiger partial charge in [-0.05, 0) is 42.5 Å². The molecule has 0 saturated heterocycles. The summed E-state index contributed by atoms with van der Waals surface area (Å²) < 4.78 is 5.22. The summed E-state index contributed by atoms with van der Waals surface area (Å²) in [5, 5.41) is 15.1. The summed E-state index contributed by atoms with van der Waals surface area (Å²) in [5.74, 6) is 0.906. The highest BCUT2D eigenvalue weighted by molar-refractivity contribution is 7.99. The normalized spacial score (nSPS) is 10.0. The van der Waals surface area contributed by atoms with Crippen LogP contribution >= 0.6 is 11.8 Å². The molecule has 7 nitrogen and oxygen atoms in total. The van der Waals surface area contributed by atoms with Gasteiger partial charge < -0.3 is 15.4 Å². The second-order valence-corrected chi connectivity index (χ2v) is 6.68. The number of anilines is 3. The lowest BCUT2D eigenvalue weighted by atomic mass is 10.3. The molecule has 1 heterocycles. The number of nitrogens with zero attached hydrogens (tertiary/aromatic N) is 3. The second kappa shape index (κ2) is 9.39. The van der Waals surface area contributed by atoms with E-state index in [-0.39, 0.29) is 12.3 Å². The van der Waals surface area contributed by atoms with Gasteiger partial charge in [-0.2, -0.15) is 5.26 Å². The van der Waals surface area contributed by atoms with Crippen molar-refractivity contribution >= 4 is 35.0 Å². The van der Waals surface area contributed by atoms with Gasteiger partial charge in [-0.3, -0.25) is 4.79 Å². The second-order valence-electron chi connectivity index (χ2n) is 5.58. The van der Waals surface area contributed by atoms with Gasteiger partial charge in [0.15, 0.2) is 0 Å². The van der Waals surface area contributed by atoms with Crippen molar-refractivity contribution in [1.82, 2.24) is 9.97 Å². The summed E-state index contributed by atoms with van der Waals surface area (Å²) in [5.41, 5.74) is 1.48. The van der Waals surface area contributed by atoms with Gasteiger partial charge in [-0.25, -0.2) is 9.97 Å². The molecule has 0 atom stereocenters. The first kappa shape index (κ1) is 19.2. The topological polar surface area (TPSA) is 99.9 Å². The van der Waals surface area contributed by atoms with Gasteiger partial charge in [0, 0.05) is 28.5 Å². The van der Waals surface area contributed by atoms with Crippen LogP contribution < -0.4 is 15.4 Å². The molecule has 0 unspecified atom stereocenters. The lowest BCUT2D eigenvalue weighted by molar-refractivity contribution is -0.115. The van der Waals surface area contributed by atoms with E-state index in [9.17, 15) is 4.79 Å². The Kier molecular flexibility index (Phi) is 6.44. The molecule has 2 N–H and O–H groups in total. The highest BCUT2D eigenvalue weighted by Crippen LogP contribution is 2.28. The van der Waals surface area contributed by atoms with Crippen LogP contribution in [0, 0.1) is 11.3 Å². The molecule has 8 heteroatoms. The fraction of sp³-hybridized carbons (Fsp3) is 0.100. The Morgan fingerprint density at radius 1 is 1.18 bits per heavy atom. The maximum atomic E-state index is 11.4. The summed E-state index contributed by atoms with van der Waals surface area (Å²) >= 11 is 1.48. The minimum absolute atomic E-state index is 0.166. The number of carbonyl (C=O) groups is 1. The molecule has 0 saturated carbocycles. The molecule has 0 aliphatic carbocycles. The van der Waals surface area contributed by atoms with Crippen molar-refractivity contribution in [2.24, 2.45) is 0 Å². The molecule has 0 aliphatic heterocycles. The van der Waals surface area contributed by atoms with Crippen molar-refractivity contribution in [3.05, 3.63) is 60.8 Å². The van der Waals surface area contributed by atoms with Gasteiger partial charge in [0.2, 0.25) is 11.9 Å². The highest BCUT2D eigenvalue weighted by Gasteiger charge is 2.05. The summed E-state index contributed by atoms with van der Waals surface area (Å²) in [6, 6.07) is 18.5. The zero-order valence-corrected chi connectivity index (χ0v) is 15.9. The van der Waals surface area contributed by atoms with Crippen LogP contribution in [0.15, 0.2) is 70.7 Å². The predicted octanol–water partition coefficient (Wildman–Crippen LogP) is 4.23. The van der Waals surface area contributed by atoms with Crippen molar-refractivity contribution < 1.29 is 9.53 Å². The van der Waals surface area contributed by atoms with E-state index < -0.39 is 0 Å².